The molecule has 0 aromatic carbocycles. The fraction of sp³-hybridized carbons (Fsp3) is 0.625. The van der Waals surface area contributed by atoms with Gasteiger partial charge in [0.2, 0.25) is 0 Å². The summed E-state index contributed by atoms with van der Waals surface area (Å²) in [5, 5.41) is 8.85. The molecular formula is C16H28O. The zero-order valence-electron chi connectivity index (χ0n) is 11.9. The topological polar surface area (TPSA) is 20.2 Å². The van der Waals surface area contributed by atoms with Gasteiger partial charge in [-0.15, -0.1) is 0 Å². The quantitative estimate of drug-likeness (QED) is 0.601. The number of aliphatic hydroxyl groups excluding tert-OH is 1. The van der Waals surface area contributed by atoms with E-state index in [1.807, 2.05) is 6.08 Å². The van der Waals surface area contributed by atoms with E-state index < -0.39 is 0 Å². The van der Waals surface area contributed by atoms with Crippen LogP contribution < -0.4 is 0 Å². The summed E-state index contributed by atoms with van der Waals surface area (Å²) in [6, 6.07) is 0. The zero-order chi connectivity index (χ0) is 13.1. The molecule has 0 aromatic heterocycles. The molecule has 0 spiro atoms. The lowest BCUT2D eigenvalue weighted by Gasteiger charge is -2.03. The second kappa shape index (κ2) is 10.3. The molecule has 0 radical (unpaired) electrons. The molecule has 0 bridgehead atoms. The predicted molar refractivity (Wildman–Crippen MR) is 77.1 cm³/mol. The van der Waals surface area contributed by atoms with Crippen LogP contribution in [0, 0.1) is 0 Å². The van der Waals surface area contributed by atoms with E-state index in [2.05, 4.69) is 39.8 Å². The summed E-state index contributed by atoms with van der Waals surface area (Å²) in [6.45, 7) is 8.82. The SMILES string of the molecule is CC/C(=C\CO)CC/C=C(\C)CCC=C(C)C. The highest BCUT2D eigenvalue weighted by molar-refractivity contribution is 5.06. The summed E-state index contributed by atoms with van der Waals surface area (Å²) in [5.41, 5.74) is 4.24. The van der Waals surface area contributed by atoms with Crippen molar-refractivity contribution >= 4 is 0 Å². The van der Waals surface area contributed by atoms with Crippen LogP contribution in [0.1, 0.15) is 59.8 Å². The van der Waals surface area contributed by atoms with Crippen molar-refractivity contribution < 1.29 is 5.11 Å². The second-order valence-electron chi connectivity index (χ2n) is 4.81. The summed E-state index contributed by atoms with van der Waals surface area (Å²) < 4.78 is 0. The lowest BCUT2D eigenvalue weighted by atomic mass is 10.0. The standard InChI is InChI=1S/C16H28O/c1-5-16(12-13-17)11-7-10-15(4)9-6-8-14(2)3/h8,10,12,17H,5-7,9,11,13H2,1-4H3/b15-10+,16-12+. The second-order valence-corrected chi connectivity index (χ2v) is 4.81. The van der Waals surface area contributed by atoms with Crippen molar-refractivity contribution in [3.05, 3.63) is 34.9 Å². The van der Waals surface area contributed by atoms with Gasteiger partial charge in [-0.05, 0) is 52.9 Å². The molecule has 0 fully saturated rings. The van der Waals surface area contributed by atoms with Crippen LogP contribution in [0.4, 0.5) is 0 Å². The van der Waals surface area contributed by atoms with Crippen LogP contribution in [0.5, 0.6) is 0 Å². The Morgan fingerprint density at radius 3 is 2.12 bits per heavy atom. The smallest absolute Gasteiger partial charge is 0.0615 e. The van der Waals surface area contributed by atoms with Gasteiger partial charge in [0.05, 0.1) is 6.61 Å². The minimum atomic E-state index is 0.173. The van der Waals surface area contributed by atoms with Crippen molar-refractivity contribution in [1.82, 2.24) is 0 Å². The summed E-state index contributed by atoms with van der Waals surface area (Å²) in [5.74, 6) is 0. The molecular weight excluding hydrogens is 208 g/mol. The molecule has 0 aliphatic rings. The van der Waals surface area contributed by atoms with E-state index in [1.165, 1.54) is 16.7 Å². The minimum Gasteiger partial charge on any atom is -0.392 e. The van der Waals surface area contributed by atoms with E-state index in [1.54, 1.807) is 0 Å². The molecule has 0 rings (SSSR count). The van der Waals surface area contributed by atoms with Crippen molar-refractivity contribution in [2.45, 2.75) is 59.8 Å². The Morgan fingerprint density at radius 1 is 0.941 bits per heavy atom. The van der Waals surface area contributed by atoms with Crippen molar-refractivity contribution in [1.29, 1.82) is 0 Å². The van der Waals surface area contributed by atoms with Crippen LogP contribution in [0.25, 0.3) is 0 Å². The summed E-state index contributed by atoms with van der Waals surface area (Å²) in [4.78, 5) is 0. The van der Waals surface area contributed by atoms with Gasteiger partial charge in [-0.1, -0.05) is 41.9 Å². The predicted octanol–water partition coefficient (Wildman–Crippen LogP) is 4.79. The third-order valence-corrected chi connectivity index (χ3v) is 2.88. The summed E-state index contributed by atoms with van der Waals surface area (Å²) in [6.07, 6.45) is 12.1. The lowest BCUT2D eigenvalue weighted by molar-refractivity contribution is 0.341. The normalized spacial score (nSPS) is 12.8. The largest absolute Gasteiger partial charge is 0.392 e. The number of hydrogen-bond donors (Lipinski definition) is 1. The lowest BCUT2D eigenvalue weighted by Crippen LogP contribution is -1.85. The molecule has 0 amide bonds. The van der Waals surface area contributed by atoms with Gasteiger partial charge in [0.15, 0.2) is 0 Å². The molecule has 1 nitrogen and oxygen atoms in total. The molecule has 0 saturated heterocycles. The van der Waals surface area contributed by atoms with Gasteiger partial charge in [0.1, 0.15) is 0 Å². The number of aliphatic hydroxyl groups is 1. The van der Waals surface area contributed by atoms with Crippen molar-refractivity contribution in [3.63, 3.8) is 0 Å². The molecule has 0 heterocycles. The highest BCUT2D eigenvalue weighted by atomic mass is 16.2. The zero-order valence-corrected chi connectivity index (χ0v) is 11.9. The molecule has 1 heteroatoms. The van der Waals surface area contributed by atoms with Gasteiger partial charge in [-0.3, -0.25) is 0 Å². The summed E-state index contributed by atoms with van der Waals surface area (Å²) in [7, 11) is 0. The first-order chi connectivity index (χ1) is 8.10. The molecule has 0 aliphatic heterocycles. The average Bonchev–Trinajstić information content (AvgIpc) is 2.27. The fourth-order valence-electron chi connectivity index (χ4n) is 1.75. The minimum absolute atomic E-state index is 0.173. The Balaban J connectivity index is 3.91. The maximum atomic E-state index is 8.85. The first-order valence-corrected chi connectivity index (χ1v) is 6.67. The molecule has 0 aliphatic carbocycles. The van der Waals surface area contributed by atoms with Crippen LogP contribution in [-0.2, 0) is 0 Å². The van der Waals surface area contributed by atoms with Gasteiger partial charge in [-0.25, -0.2) is 0 Å². The molecule has 0 aromatic rings. The van der Waals surface area contributed by atoms with E-state index in [0.29, 0.717) is 0 Å². The van der Waals surface area contributed by atoms with E-state index in [9.17, 15) is 0 Å². The van der Waals surface area contributed by atoms with Gasteiger partial charge in [-0.2, -0.15) is 0 Å². The van der Waals surface area contributed by atoms with Crippen molar-refractivity contribution in [2.24, 2.45) is 0 Å². The van der Waals surface area contributed by atoms with Crippen LogP contribution in [0.15, 0.2) is 34.9 Å². The molecule has 1 N–H and O–H groups in total. The maximum absolute atomic E-state index is 8.85. The van der Waals surface area contributed by atoms with Gasteiger partial charge >= 0.3 is 0 Å². The Bertz CT molecular complexity index is 278. The van der Waals surface area contributed by atoms with Crippen LogP contribution in [0.3, 0.4) is 0 Å². The maximum Gasteiger partial charge on any atom is 0.0615 e. The van der Waals surface area contributed by atoms with Crippen molar-refractivity contribution in [2.75, 3.05) is 6.61 Å². The highest BCUT2D eigenvalue weighted by Gasteiger charge is 1.94. The monoisotopic (exact) mass is 236 g/mol. The summed E-state index contributed by atoms with van der Waals surface area (Å²) >= 11 is 0. The fourth-order valence-corrected chi connectivity index (χ4v) is 1.75. The van der Waals surface area contributed by atoms with E-state index in [0.717, 1.165) is 32.1 Å². The Labute approximate surface area is 107 Å². The van der Waals surface area contributed by atoms with E-state index >= 15 is 0 Å². The van der Waals surface area contributed by atoms with E-state index in [4.69, 9.17) is 5.11 Å². The van der Waals surface area contributed by atoms with Crippen LogP contribution >= 0.6 is 0 Å². The van der Waals surface area contributed by atoms with Gasteiger partial charge in [0, 0.05) is 0 Å². The Morgan fingerprint density at radius 2 is 1.59 bits per heavy atom. The molecule has 0 saturated carbocycles. The first-order valence-electron chi connectivity index (χ1n) is 6.67. The number of rotatable bonds is 8. The molecule has 17 heavy (non-hydrogen) atoms. The van der Waals surface area contributed by atoms with E-state index in [-0.39, 0.29) is 6.61 Å². The molecule has 0 atom stereocenters. The Hall–Kier alpha value is -0.820. The first kappa shape index (κ1) is 16.2. The third-order valence-electron chi connectivity index (χ3n) is 2.88. The van der Waals surface area contributed by atoms with Crippen LogP contribution in [-0.4, -0.2) is 11.7 Å². The average molecular weight is 236 g/mol. The Kier molecular flexibility index (Phi) is 9.84. The molecule has 0 unspecified atom stereocenters. The highest BCUT2D eigenvalue weighted by Crippen LogP contribution is 2.13. The third kappa shape index (κ3) is 10.1. The van der Waals surface area contributed by atoms with Gasteiger partial charge < -0.3 is 5.11 Å². The molecule has 98 valence electrons. The number of allylic oxidation sites excluding steroid dienone is 5. The van der Waals surface area contributed by atoms with Crippen LogP contribution in [0.2, 0.25) is 0 Å². The number of hydrogen-bond acceptors (Lipinski definition) is 1. The van der Waals surface area contributed by atoms with Crippen molar-refractivity contribution in [3.8, 4) is 0 Å². The van der Waals surface area contributed by atoms with Gasteiger partial charge in [0.25, 0.3) is 0 Å².